The third-order valence-corrected chi connectivity index (χ3v) is 9.71. The van der Waals surface area contributed by atoms with E-state index in [0.29, 0.717) is 11.5 Å². The smallest absolute Gasteiger partial charge is 0.233 e. The SMILES string of the molecule is c1ccc2cc3c(cc2c1)c1ccccc1n3-c1nc(-c2ccc3oc4ccccc4c3c2)nc2oc3cc(-c4ccncc4)ccc3c12. The molecule has 0 spiro atoms. The number of pyridine rings is 1. The lowest BCUT2D eigenvalue weighted by Gasteiger charge is -2.11. The first-order valence-electron chi connectivity index (χ1n) is 16.3. The van der Waals surface area contributed by atoms with Gasteiger partial charge in [-0.15, -0.1) is 0 Å². The summed E-state index contributed by atoms with van der Waals surface area (Å²) in [4.78, 5) is 14.7. The minimum absolute atomic E-state index is 0.533. The molecule has 0 fully saturated rings. The second-order valence-corrected chi connectivity index (χ2v) is 12.5. The maximum Gasteiger partial charge on any atom is 0.233 e. The molecule has 49 heavy (non-hydrogen) atoms. The van der Waals surface area contributed by atoms with Crippen molar-refractivity contribution in [2.24, 2.45) is 0 Å². The monoisotopic (exact) mass is 628 g/mol. The van der Waals surface area contributed by atoms with Crippen molar-refractivity contribution >= 4 is 76.6 Å². The van der Waals surface area contributed by atoms with E-state index in [1.165, 1.54) is 16.2 Å². The van der Waals surface area contributed by atoms with Gasteiger partial charge in [-0.3, -0.25) is 9.55 Å². The highest BCUT2D eigenvalue weighted by Gasteiger charge is 2.23. The van der Waals surface area contributed by atoms with Crippen molar-refractivity contribution in [1.82, 2.24) is 19.5 Å². The third-order valence-electron chi connectivity index (χ3n) is 9.71. The molecule has 0 saturated carbocycles. The molecular weight excluding hydrogens is 604 g/mol. The van der Waals surface area contributed by atoms with Crippen LogP contribution >= 0.6 is 0 Å². The average Bonchev–Trinajstić information content (AvgIpc) is 3.82. The second-order valence-electron chi connectivity index (χ2n) is 12.5. The predicted molar refractivity (Wildman–Crippen MR) is 197 cm³/mol. The number of benzene rings is 6. The summed E-state index contributed by atoms with van der Waals surface area (Å²) >= 11 is 0. The third kappa shape index (κ3) is 3.85. The zero-order chi connectivity index (χ0) is 32.1. The molecule has 0 aliphatic rings. The van der Waals surface area contributed by atoms with Crippen LogP contribution in [0.25, 0.3) is 105 Å². The molecule has 0 bridgehead atoms. The van der Waals surface area contributed by atoms with Gasteiger partial charge in [0.2, 0.25) is 5.71 Å². The van der Waals surface area contributed by atoms with Crippen LogP contribution in [0.3, 0.4) is 0 Å². The number of rotatable bonds is 3. The van der Waals surface area contributed by atoms with E-state index in [9.17, 15) is 0 Å². The minimum Gasteiger partial charge on any atom is -0.456 e. The molecule has 5 aromatic heterocycles. The largest absolute Gasteiger partial charge is 0.456 e. The van der Waals surface area contributed by atoms with Gasteiger partial charge in [0.25, 0.3) is 0 Å². The van der Waals surface area contributed by atoms with E-state index in [-0.39, 0.29) is 0 Å². The Morgan fingerprint density at radius 3 is 2.10 bits per heavy atom. The number of aromatic nitrogens is 4. The highest BCUT2D eigenvalue weighted by atomic mass is 16.3. The van der Waals surface area contributed by atoms with Crippen molar-refractivity contribution in [3.8, 4) is 28.3 Å². The zero-order valence-corrected chi connectivity index (χ0v) is 26.0. The molecule has 0 aliphatic heterocycles. The summed E-state index contributed by atoms with van der Waals surface area (Å²) in [6.07, 6.45) is 3.61. The number of fused-ring (bicyclic) bond motifs is 10. The van der Waals surface area contributed by atoms with Crippen LogP contribution in [0.5, 0.6) is 0 Å². The van der Waals surface area contributed by atoms with Crippen LogP contribution < -0.4 is 0 Å². The highest BCUT2D eigenvalue weighted by Crippen LogP contribution is 2.41. The van der Waals surface area contributed by atoms with Crippen LogP contribution in [0.4, 0.5) is 0 Å². The molecule has 0 N–H and O–H groups in total. The van der Waals surface area contributed by atoms with E-state index in [4.69, 9.17) is 18.8 Å². The molecule has 6 heteroatoms. The Hall–Kier alpha value is -6.79. The first-order chi connectivity index (χ1) is 24.3. The average molecular weight is 629 g/mol. The number of nitrogens with zero attached hydrogens (tertiary/aromatic N) is 4. The molecule has 0 saturated heterocycles. The summed E-state index contributed by atoms with van der Waals surface area (Å²) < 4.78 is 15.1. The van der Waals surface area contributed by atoms with Gasteiger partial charge in [-0.05, 0) is 88.6 Å². The molecular formula is C43H24N4O2. The standard InChI is InChI=1S/C43H24N4O2/c1-2-8-27-23-36-33(21-26(27)7-1)30-9-3-5-11-35(30)47(36)42-40-32-15-13-28(25-17-19-44-20-18-25)24-39(32)49-43(40)46-41(45-42)29-14-16-38-34(22-29)31-10-4-6-12-37(31)48-38/h1-24H. The molecule has 6 nitrogen and oxygen atoms in total. The highest BCUT2D eigenvalue weighted by molar-refractivity contribution is 6.16. The van der Waals surface area contributed by atoms with Crippen LogP contribution in [-0.2, 0) is 0 Å². The van der Waals surface area contributed by atoms with Gasteiger partial charge in [0.1, 0.15) is 16.7 Å². The molecule has 0 aliphatic carbocycles. The lowest BCUT2D eigenvalue weighted by molar-refractivity contribution is 0.653. The van der Waals surface area contributed by atoms with E-state index < -0.39 is 0 Å². The van der Waals surface area contributed by atoms with Crippen molar-refractivity contribution in [2.75, 3.05) is 0 Å². The van der Waals surface area contributed by atoms with Gasteiger partial charge >= 0.3 is 0 Å². The fourth-order valence-corrected chi connectivity index (χ4v) is 7.42. The van der Waals surface area contributed by atoms with E-state index in [2.05, 4.69) is 101 Å². The maximum absolute atomic E-state index is 6.65. The Kier molecular flexibility index (Phi) is 5.29. The van der Waals surface area contributed by atoms with Crippen LogP contribution in [0.15, 0.2) is 155 Å². The lowest BCUT2D eigenvalue weighted by Crippen LogP contribution is -2.02. The summed E-state index contributed by atoms with van der Waals surface area (Å²) in [5, 5.41) is 8.60. The summed E-state index contributed by atoms with van der Waals surface area (Å²) in [5.41, 5.74) is 8.10. The predicted octanol–water partition coefficient (Wildman–Crippen LogP) is 11.3. The normalized spacial score (nSPS) is 12.1. The first kappa shape index (κ1) is 26.3. The van der Waals surface area contributed by atoms with Crippen molar-refractivity contribution in [3.63, 3.8) is 0 Å². The van der Waals surface area contributed by atoms with E-state index in [0.717, 1.165) is 77.2 Å². The minimum atomic E-state index is 0.533. The molecule has 228 valence electrons. The summed E-state index contributed by atoms with van der Waals surface area (Å²) in [6.45, 7) is 0. The van der Waals surface area contributed by atoms with Crippen LogP contribution in [-0.4, -0.2) is 19.5 Å². The van der Waals surface area contributed by atoms with Gasteiger partial charge < -0.3 is 8.83 Å². The topological polar surface area (TPSA) is 69.9 Å². The Morgan fingerprint density at radius 1 is 0.449 bits per heavy atom. The van der Waals surface area contributed by atoms with Crippen molar-refractivity contribution < 1.29 is 8.83 Å². The number of hydrogen-bond donors (Lipinski definition) is 0. The van der Waals surface area contributed by atoms with Gasteiger partial charge in [-0.2, -0.15) is 4.98 Å². The molecule has 0 radical (unpaired) electrons. The zero-order valence-electron chi connectivity index (χ0n) is 26.0. The van der Waals surface area contributed by atoms with E-state index >= 15 is 0 Å². The molecule has 0 amide bonds. The van der Waals surface area contributed by atoms with E-state index in [1.807, 2.05) is 42.5 Å². The van der Waals surface area contributed by atoms with Crippen molar-refractivity contribution in [2.45, 2.75) is 0 Å². The fraction of sp³-hybridized carbons (Fsp3) is 0. The maximum atomic E-state index is 6.65. The Labute approximate surface area is 278 Å². The Morgan fingerprint density at radius 2 is 1.20 bits per heavy atom. The number of hydrogen-bond acceptors (Lipinski definition) is 5. The summed E-state index contributed by atoms with van der Waals surface area (Å²) in [7, 11) is 0. The van der Waals surface area contributed by atoms with Crippen molar-refractivity contribution in [1.29, 1.82) is 0 Å². The molecule has 6 aromatic carbocycles. The molecule has 11 aromatic rings. The van der Waals surface area contributed by atoms with Crippen LogP contribution in [0.1, 0.15) is 0 Å². The Balaban J connectivity index is 1.26. The molecule has 0 unspecified atom stereocenters. The van der Waals surface area contributed by atoms with Crippen LogP contribution in [0, 0.1) is 0 Å². The lowest BCUT2D eigenvalue weighted by atomic mass is 10.0. The Bertz CT molecular complexity index is 3120. The second kappa shape index (κ2) is 9.86. The van der Waals surface area contributed by atoms with Gasteiger partial charge in [-0.1, -0.05) is 66.7 Å². The van der Waals surface area contributed by atoms with Gasteiger partial charge in [0, 0.05) is 44.9 Å². The van der Waals surface area contributed by atoms with Gasteiger partial charge in [0.15, 0.2) is 11.6 Å². The van der Waals surface area contributed by atoms with E-state index in [1.54, 1.807) is 12.4 Å². The van der Waals surface area contributed by atoms with Gasteiger partial charge in [-0.25, -0.2) is 4.98 Å². The molecule has 11 rings (SSSR count). The molecule has 0 atom stereocenters. The first-order valence-corrected chi connectivity index (χ1v) is 16.3. The van der Waals surface area contributed by atoms with Crippen molar-refractivity contribution in [3.05, 3.63) is 146 Å². The summed E-state index contributed by atoms with van der Waals surface area (Å²) in [6, 6.07) is 46.2. The van der Waals surface area contributed by atoms with Gasteiger partial charge in [0.05, 0.1) is 16.4 Å². The fourth-order valence-electron chi connectivity index (χ4n) is 7.42. The number of furan rings is 2. The van der Waals surface area contributed by atoms with Crippen LogP contribution in [0.2, 0.25) is 0 Å². The molecule has 5 heterocycles. The quantitative estimate of drug-likeness (QED) is 0.195. The number of para-hydroxylation sites is 2. The summed E-state index contributed by atoms with van der Waals surface area (Å²) in [5.74, 6) is 1.35.